The Balaban J connectivity index is 2.06. The van der Waals surface area contributed by atoms with Crippen molar-refractivity contribution < 1.29 is 0 Å². The van der Waals surface area contributed by atoms with Crippen molar-refractivity contribution in [2.24, 2.45) is 5.73 Å². The molecule has 0 aliphatic rings. The van der Waals surface area contributed by atoms with Crippen LogP contribution in [0.25, 0.3) is 0 Å². The Morgan fingerprint density at radius 3 is 2.65 bits per heavy atom. The fraction of sp³-hybridized carbons (Fsp3) is 0.250. The van der Waals surface area contributed by atoms with Gasteiger partial charge in [-0.2, -0.15) is 0 Å². The number of benzene rings is 1. The molecule has 0 unspecified atom stereocenters. The topological polar surface area (TPSA) is 50.9 Å². The molecule has 1 heterocycles. The van der Waals surface area contributed by atoms with Gasteiger partial charge in [0.1, 0.15) is 10.8 Å². The summed E-state index contributed by atoms with van der Waals surface area (Å²) in [5, 5.41) is 3.33. The number of aryl methyl sites for hydroxylation is 2. The van der Waals surface area contributed by atoms with E-state index >= 15 is 0 Å². The predicted molar refractivity (Wildman–Crippen MR) is 88.2 cm³/mol. The van der Waals surface area contributed by atoms with E-state index in [1.807, 2.05) is 19.1 Å². The highest BCUT2D eigenvalue weighted by Gasteiger charge is 2.07. The lowest BCUT2D eigenvalue weighted by molar-refractivity contribution is 0.988. The van der Waals surface area contributed by atoms with E-state index in [4.69, 9.17) is 18.0 Å². The Morgan fingerprint density at radius 1 is 1.20 bits per heavy atom. The van der Waals surface area contributed by atoms with Crippen LogP contribution in [0.5, 0.6) is 0 Å². The molecule has 2 rings (SSSR count). The zero-order chi connectivity index (χ0) is 14.5. The van der Waals surface area contributed by atoms with E-state index in [-0.39, 0.29) is 0 Å². The van der Waals surface area contributed by atoms with Crippen LogP contribution in [-0.4, -0.2) is 16.5 Å². The predicted octanol–water partition coefficient (Wildman–Crippen LogP) is 2.99. The molecule has 0 bridgehead atoms. The molecule has 3 N–H and O–H groups in total. The maximum Gasteiger partial charge on any atom is 0.136 e. The second-order valence-electron chi connectivity index (χ2n) is 4.82. The van der Waals surface area contributed by atoms with Gasteiger partial charge in [0, 0.05) is 12.2 Å². The lowest BCUT2D eigenvalue weighted by Gasteiger charge is -2.12. The van der Waals surface area contributed by atoms with Crippen molar-refractivity contribution in [2.45, 2.75) is 20.3 Å². The van der Waals surface area contributed by atoms with E-state index in [2.05, 4.69) is 41.5 Å². The molecule has 0 amide bonds. The van der Waals surface area contributed by atoms with Crippen LogP contribution in [0.3, 0.4) is 0 Å². The van der Waals surface area contributed by atoms with Gasteiger partial charge in [0.05, 0.1) is 5.56 Å². The lowest BCUT2D eigenvalue weighted by Crippen LogP contribution is -2.16. The molecule has 0 fully saturated rings. The minimum Gasteiger partial charge on any atom is -0.389 e. The summed E-state index contributed by atoms with van der Waals surface area (Å²) in [7, 11) is 0. The SMILES string of the molecule is Cc1ccc(C(N)=S)c(NCCc2ccccc2C)n1. The molecule has 0 spiro atoms. The van der Waals surface area contributed by atoms with Crippen LogP contribution in [0.2, 0.25) is 0 Å². The molecule has 0 aliphatic carbocycles. The molecule has 0 atom stereocenters. The van der Waals surface area contributed by atoms with Gasteiger partial charge in [0.2, 0.25) is 0 Å². The van der Waals surface area contributed by atoms with Gasteiger partial charge in [0.25, 0.3) is 0 Å². The molecule has 20 heavy (non-hydrogen) atoms. The summed E-state index contributed by atoms with van der Waals surface area (Å²) in [6, 6.07) is 12.2. The standard InChI is InChI=1S/C16H19N3S/c1-11-5-3-4-6-13(11)9-10-18-16-14(15(17)20)8-7-12(2)19-16/h3-8H,9-10H2,1-2H3,(H2,17,20)(H,18,19). The number of aromatic nitrogens is 1. The van der Waals surface area contributed by atoms with Gasteiger partial charge in [-0.15, -0.1) is 0 Å². The van der Waals surface area contributed by atoms with Crippen molar-refractivity contribution in [3.8, 4) is 0 Å². The summed E-state index contributed by atoms with van der Waals surface area (Å²) < 4.78 is 0. The molecular formula is C16H19N3S. The third-order valence-electron chi connectivity index (χ3n) is 3.25. The van der Waals surface area contributed by atoms with Crippen LogP contribution in [0.15, 0.2) is 36.4 Å². The number of thiocarbonyl (C=S) groups is 1. The third kappa shape index (κ3) is 3.54. The zero-order valence-corrected chi connectivity index (χ0v) is 12.6. The number of hydrogen-bond acceptors (Lipinski definition) is 3. The Labute approximate surface area is 125 Å². The first-order chi connectivity index (χ1) is 9.58. The summed E-state index contributed by atoms with van der Waals surface area (Å²) >= 11 is 5.06. The molecule has 1 aromatic carbocycles. The van der Waals surface area contributed by atoms with Crippen molar-refractivity contribution in [3.05, 3.63) is 58.8 Å². The van der Waals surface area contributed by atoms with Crippen LogP contribution >= 0.6 is 12.2 Å². The Bertz CT molecular complexity index is 623. The van der Waals surface area contributed by atoms with E-state index in [9.17, 15) is 0 Å². The van der Waals surface area contributed by atoms with Crippen LogP contribution in [0.4, 0.5) is 5.82 Å². The molecule has 104 valence electrons. The van der Waals surface area contributed by atoms with Crippen molar-refractivity contribution >= 4 is 23.0 Å². The number of nitrogens with one attached hydrogen (secondary N) is 1. The van der Waals surface area contributed by atoms with E-state index in [0.717, 1.165) is 30.0 Å². The summed E-state index contributed by atoms with van der Waals surface area (Å²) in [6.07, 6.45) is 0.944. The fourth-order valence-electron chi connectivity index (χ4n) is 2.10. The molecule has 0 saturated carbocycles. The quantitative estimate of drug-likeness (QED) is 0.829. The Morgan fingerprint density at radius 2 is 1.95 bits per heavy atom. The van der Waals surface area contributed by atoms with Crippen molar-refractivity contribution in [1.29, 1.82) is 0 Å². The van der Waals surface area contributed by atoms with Gasteiger partial charge < -0.3 is 11.1 Å². The molecule has 0 saturated heterocycles. The number of nitrogens with zero attached hydrogens (tertiary/aromatic N) is 1. The van der Waals surface area contributed by atoms with Crippen LogP contribution in [0, 0.1) is 13.8 Å². The molecule has 0 aliphatic heterocycles. The minimum atomic E-state index is 0.371. The molecule has 3 nitrogen and oxygen atoms in total. The summed E-state index contributed by atoms with van der Waals surface area (Å²) in [5.74, 6) is 0.770. The number of hydrogen-bond donors (Lipinski definition) is 2. The van der Waals surface area contributed by atoms with Gasteiger partial charge in [-0.3, -0.25) is 0 Å². The van der Waals surface area contributed by atoms with Crippen molar-refractivity contribution in [3.63, 3.8) is 0 Å². The average molecular weight is 285 g/mol. The monoisotopic (exact) mass is 285 g/mol. The molecule has 1 aromatic heterocycles. The van der Waals surface area contributed by atoms with E-state index in [1.54, 1.807) is 0 Å². The lowest BCUT2D eigenvalue weighted by atomic mass is 10.1. The molecule has 0 radical (unpaired) electrons. The third-order valence-corrected chi connectivity index (χ3v) is 3.47. The smallest absolute Gasteiger partial charge is 0.136 e. The minimum absolute atomic E-state index is 0.371. The van der Waals surface area contributed by atoms with Crippen LogP contribution < -0.4 is 11.1 Å². The summed E-state index contributed by atoms with van der Waals surface area (Å²) in [6.45, 7) is 4.88. The van der Waals surface area contributed by atoms with Gasteiger partial charge in [-0.05, 0) is 43.5 Å². The first-order valence-electron chi connectivity index (χ1n) is 6.64. The highest BCUT2D eigenvalue weighted by molar-refractivity contribution is 7.80. The van der Waals surface area contributed by atoms with Gasteiger partial charge in [0.15, 0.2) is 0 Å². The van der Waals surface area contributed by atoms with Crippen molar-refractivity contribution in [2.75, 3.05) is 11.9 Å². The second kappa shape index (κ2) is 6.48. The largest absolute Gasteiger partial charge is 0.389 e. The van der Waals surface area contributed by atoms with E-state index in [0.29, 0.717) is 4.99 Å². The normalized spacial score (nSPS) is 10.3. The zero-order valence-electron chi connectivity index (χ0n) is 11.8. The maximum absolute atomic E-state index is 5.72. The van der Waals surface area contributed by atoms with Crippen LogP contribution in [-0.2, 0) is 6.42 Å². The van der Waals surface area contributed by atoms with E-state index in [1.165, 1.54) is 11.1 Å². The number of anilines is 1. The average Bonchev–Trinajstić information content (AvgIpc) is 2.41. The Kier molecular flexibility index (Phi) is 4.69. The Hall–Kier alpha value is -1.94. The summed E-state index contributed by atoms with van der Waals surface area (Å²) in [4.78, 5) is 4.84. The highest BCUT2D eigenvalue weighted by Crippen LogP contribution is 2.14. The first-order valence-corrected chi connectivity index (χ1v) is 7.04. The number of pyridine rings is 1. The highest BCUT2D eigenvalue weighted by atomic mass is 32.1. The second-order valence-corrected chi connectivity index (χ2v) is 5.26. The first kappa shape index (κ1) is 14.5. The molecule has 2 aromatic rings. The fourth-order valence-corrected chi connectivity index (χ4v) is 2.26. The number of nitrogens with two attached hydrogens (primary N) is 1. The number of rotatable bonds is 5. The molecule has 4 heteroatoms. The van der Waals surface area contributed by atoms with Gasteiger partial charge in [-0.1, -0.05) is 36.5 Å². The van der Waals surface area contributed by atoms with Gasteiger partial charge in [-0.25, -0.2) is 4.98 Å². The van der Waals surface area contributed by atoms with E-state index < -0.39 is 0 Å². The van der Waals surface area contributed by atoms with Crippen molar-refractivity contribution in [1.82, 2.24) is 4.98 Å². The van der Waals surface area contributed by atoms with Crippen LogP contribution in [0.1, 0.15) is 22.4 Å². The van der Waals surface area contributed by atoms with Gasteiger partial charge >= 0.3 is 0 Å². The molecular weight excluding hydrogens is 266 g/mol. The summed E-state index contributed by atoms with van der Waals surface area (Å²) in [5.41, 5.74) is 10.1. The maximum atomic E-state index is 5.72.